The number of carbonyl (C=O) groups is 3. The third-order valence-corrected chi connectivity index (χ3v) is 6.42. The highest BCUT2D eigenvalue weighted by molar-refractivity contribution is 7.15. The van der Waals surface area contributed by atoms with E-state index in [0.717, 1.165) is 22.6 Å². The molecule has 4 rings (SSSR count). The van der Waals surface area contributed by atoms with E-state index >= 15 is 0 Å². The van der Waals surface area contributed by atoms with Crippen LogP contribution < -0.4 is 15.4 Å². The molecule has 1 aromatic heterocycles. The van der Waals surface area contributed by atoms with Crippen molar-refractivity contribution in [3.05, 3.63) is 70.2 Å². The van der Waals surface area contributed by atoms with Crippen LogP contribution in [0.15, 0.2) is 54.6 Å². The average molecular weight is 480 g/mol. The van der Waals surface area contributed by atoms with Crippen molar-refractivity contribution < 1.29 is 19.1 Å². The van der Waals surface area contributed by atoms with E-state index < -0.39 is 5.91 Å². The summed E-state index contributed by atoms with van der Waals surface area (Å²) in [5, 5.41) is 13.7. The molecule has 0 saturated carbocycles. The Morgan fingerprint density at radius 1 is 1.09 bits per heavy atom. The van der Waals surface area contributed by atoms with Crippen LogP contribution in [0.5, 0.6) is 5.75 Å². The van der Waals surface area contributed by atoms with Gasteiger partial charge < -0.3 is 20.3 Å². The Morgan fingerprint density at radius 3 is 2.68 bits per heavy atom. The van der Waals surface area contributed by atoms with E-state index in [-0.39, 0.29) is 27.7 Å². The van der Waals surface area contributed by atoms with Gasteiger partial charge in [0.05, 0.1) is 13.0 Å². The predicted octanol–water partition coefficient (Wildman–Crippen LogP) is 2.97. The van der Waals surface area contributed by atoms with Gasteiger partial charge >= 0.3 is 0 Å². The fraction of sp³-hybridized carbons (Fsp3) is 0.292. The molecule has 176 valence electrons. The van der Waals surface area contributed by atoms with Gasteiger partial charge in [0.15, 0.2) is 0 Å². The maximum atomic E-state index is 13.0. The molecule has 2 heterocycles. The number of carbonyl (C=O) groups excluding carboxylic acids is 3. The van der Waals surface area contributed by atoms with Gasteiger partial charge in [-0.05, 0) is 42.7 Å². The molecule has 0 unspecified atom stereocenters. The quantitative estimate of drug-likeness (QED) is 0.539. The second kappa shape index (κ2) is 10.9. The zero-order valence-electron chi connectivity index (χ0n) is 18.7. The highest BCUT2D eigenvalue weighted by Crippen LogP contribution is 2.21. The number of aromatic nitrogens is 2. The first-order chi connectivity index (χ1) is 16.5. The van der Waals surface area contributed by atoms with Crippen LogP contribution in [0.2, 0.25) is 0 Å². The SMILES string of the molecule is COc1cccc(CNC(=O)[C@H]2CCCN(C(=O)c3nnc(C(=O)Nc4ccccc4)s3)C2)c1. The smallest absolute Gasteiger partial charge is 0.286 e. The summed E-state index contributed by atoms with van der Waals surface area (Å²) in [4.78, 5) is 39.7. The van der Waals surface area contributed by atoms with E-state index in [0.29, 0.717) is 38.2 Å². The van der Waals surface area contributed by atoms with Gasteiger partial charge in [0, 0.05) is 25.3 Å². The van der Waals surface area contributed by atoms with Gasteiger partial charge in [-0.1, -0.05) is 41.7 Å². The first-order valence-corrected chi connectivity index (χ1v) is 11.7. The Labute approximate surface area is 201 Å². The van der Waals surface area contributed by atoms with Crippen molar-refractivity contribution in [1.29, 1.82) is 0 Å². The molecular weight excluding hydrogens is 454 g/mol. The Balaban J connectivity index is 1.33. The van der Waals surface area contributed by atoms with Crippen molar-refractivity contribution in [3.8, 4) is 5.75 Å². The number of benzene rings is 2. The molecule has 1 atom stereocenters. The third kappa shape index (κ3) is 5.76. The second-order valence-corrected chi connectivity index (χ2v) is 8.87. The minimum absolute atomic E-state index is 0.0967. The van der Waals surface area contributed by atoms with Gasteiger partial charge in [0.25, 0.3) is 11.8 Å². The van der Waals surface area contributed by atoms with Crippen LogP contribution in [0.25, 0.3) is 0 Å². The zero-order chi connectivity index (χ0) is 23.9. The molecule has 1 aliphatic rings. The largest absolute Gasteiger partial charge is 0.497 e. The minimum Gasteiger partial charge on any atom is -0.497 e. The molecule has 0 radical (unpaired) electrons. The van der Waals surface area contributed by atoms with E-state index in [2.05, 4.69) is 20.8 Å². The Hall–Kier alpha value is -3.79. The molecule has 2 aromatic carbocycles. The molecular formula is C24H25N5O4S. The fourth-order valence-corrected chi connectivity index (χ4v) is 4.44. The topological polar surface area (TPSA) is 114 Å². The van der Waals surface area contributed by atoms with Crippen LogP contribution in [0.1, 0.15) is 38.0 Å². The molecule has 1 aliphatic heterocycles. The van der Waals surface area contributed by atoms with Crippen molar-refractivity contribution in [2.45, 2.75) is 19.4 Å². The lowest BCUT2D eigenvalue weighted by Crippen LogP contribution is -2.45. The molecule has 0 spiro atoms. The van der Waals surface area contributed by atoms with E-state index in [1.165, 1.54) is 0 Å². The van der Waals surface area contributed by atoms with Crippen molar-refractivity contribution in [1.82, 2.24) is 20.4 Å². The summed E-state index contributed by atoms with van der Waals surface area (Å²) >= 11 is 0.945. The van der Waals surface area contributed by atoms with Crippen molar-refractivity contribution in [3.63, 3.8) is 0 Å². The number of rotatable bonds is 7. The van der Waals surface area contributed by atoms with Crippen LogP contribution in [0.3, 0.4) is 0 Å². The predicted molar refractivity (Wildman–Crippen MR) is 128 cm³/mol. The molecule has 10 heteroatoms. The zero-order valence-corrected chi connectivity index (χ0v) is 19.5. The van der Waals surface area contributed by atoms with Gasteiger partial charge in [0.1, 0.15) is 5.75 Å². The summed E-state index contributed by atoms with van der Waals surface area (Å²) in [5.74, 6) is -0.412. The third-order valence-electron chi connectivity index (χ3n) is 5.51. The molecule has 0 bridgehead atoms. The normalized spacial score (nSPS) is 15.4. The van der Waals surface area contributed by atoms with Crippen LogP contribution in [-0.2, 0) is 11.3 Å². The molecule has 34 heavy (non-hydrogen) atoms. The van der Waals surface area contributed by atoms with Crippen LogP contribution >= 0.6 is 11.3 Å². The second-order valence-electron chi connectivity index (χ2n) is 7.89. The van der Waals surface area contributed by atoms with E-state index in [4.69, 9.17) is 4.74 Å². The molecule has 3 amide bonds. The maximum Gasteiger partial charge on any atom is 0.286 e. The first-order valence-electron chi connectivity index (χ1n) is 10.9. The lowest BCUT2D eigenvalue weighted by atomic mass is 9.97. The van der Waals surface area contributed by atoms with Crippen LogP contribution in [0, 0.1) is 5.92 Å². The number of ether oxygens (including phenoxy) is 1. The Bertz CT molecular complexity index is 1170. The van der Waals surface area contributed by atoms with Crippen molar-refractivity contribution in [2.24, 2.45) is 5.92 Å². The maximum absolute atomic E-state index is 13.0. The van der Waals surface area contributed by atoms with Gasteiger partial charge in [-0.3, -0.25) is 14.4 Å². The fourth-order valence-electron chi connectivity index (χ4n) is 3.73. The number of nitrogens with zero attached hydrogens (tertiary/aromatic N) is 3. The molecule has 3 aromatic rings. The molecule has 1 fully saturated rings. The molecule has 1 saturated heterocycles. The van der Waals surface area contributed by atoms with E-state index in [9.17, 15) is 14.4 Å². The molecule has 2 N–H and O–H groups in total. The number of likely N-dealkylation sites (tertiary alicyclic amines) is 1. The van der Waals surface area contributed by atoms with Crippen LogP contribution in [-0.4, -0.2) is 53.0 Å². The number of nitrogens with one attached hydrogen (secondary N) is 2. The highest BCUT2D eigenvalue weighted by atomic mass is 32.1. The number of methoxy groups -OCH3 is 1. The summed E-state index contributed by atoms with van der Waals surface area (Å²) in [6, 6.07) is 16.5. The number of hydrogen-bond acceptors (Lipinski definition) is 7. The number of anilines is 1. The van der Waals surface area contributed by atoms with Crippen molar-refractivity contribution >= 4 is 34.7 Å². The van der Waals surface area contributed by atoms with Crippen LogP contribution in [0.4, 0.5) is 5.69 Å². The van der Waals surface area contributed by atoms with E-state index in [1.54, 1.807) is 24.1 Å². The summed E-state index contributed by atoms with van der Waals surface area (Å²) in [7, 11) is 1.60. The summed E-state index contributed by atoms with van der Waals surface area (Å²) in [6.45, 7) is 1.22. The molecule has 0 aliphatic carbocycles. The standard InChI is InChI=1S/C24H25N5O4S/c1-33-19-11-5-7-16(13-19)14-25-20(30)17-8-6-12-29(15-17)24(32)23-28-27-22(34-23)21(31)26-18-9-3-2-4-10-18/h2-5,7,9-11,13,17H,6,8,12,14-15H2,1H3,(H,25,30)(H,26,31)/t17-/m0/s1. The summed E-state index contributed by atoms with van der Waals surface area (Å²) < 4.78 is 5.21. The summed E-state index contributed by atoms with van der Waals surface area (Å²) in [6.07, 6.45) is 1.41. The number of amides is 3. The summed E-state index contributed by atoms with van der Waals surface area (Å²) in [5.41, 5.74) is 1.57. The minimum atomic E-state index is -0.420. The number of para-hydroxylation sites is 1. The van der Waals surface area contributed by atoms with Crippen molar-refractivity contribution in [2.75, 3.05) is 25.5 Å². The molecule has 9 nitrogen and oxygen atoms in total. The lowest BCUT2D eigenvalue weighted by molar-refractivity contribution is -0.126. The van der Waals surface area contributed by atoms with Gasteiger partial charge in [0.2, 0.25) is 15.9 Å². The Kier molecular flexibility index (Phi) is 7.48. The monoisotopic (exact) mass is 479 g/mol. The van der Waals surface area contributed by atoms with Gasteiger partial charge in [-0.15, -0.1) is 10.2 Å². The number of piperidine rings is 1. The van der Waals surface area contributed by atoms with Gasteiger partial charge in [-0.25, -0.2) is 0 Å². The highest BCUT2D eigenvalue weighted by Gasteiger charge is 2.30. The first kappa shape index (κ1) is 23.4. The number of hydrogen-bond donors (Lipinski definition) is 2. The van der Waals surface area contributed by atoms with E-state index in [1.807, 2.05) is 42.5 Å². The van der Waals surface area contributed by atoms with Gasteiger partial charge in [-0.2, -0.15) is 0 Å². The Morgan fingerprint density at radius 2 is 1.88 bits per heavy atom. The average Bonchev–Trinajstić information content (AvgIpc) is 3.38. The lowest BCUT2D eigenvalue weighted by Gasteiger charge is -2.31.